The van der Waals surface area contributed by atoms with E-state index in [2.05, 4.69) is 31.3 Å². The molecular formula is C16H18N2O2. The fourth-order valence-corrected chi connectivity index (χ4v) is 2.34. The number of hydrogen-bond acceptors (Lipinski definition) is 3. The lowest BCUT2D eigenvalue weighted by molar-refractivity contribution is -0.385. The summed E-state index contributed by atoms with van der Waals surface area (Å²) < 4.78 is 0. The molecule has 104 valence electrons. The van der Waals surface area contributed by atoms with Crippen molar-refractivity contribution in [2.45, 2.75) is 27.3 Å². The van der Waals surface area contributed by atoms with E-state index in [1.807, 2.05) is 12.1 Å². The van der Waals surface area contributed by atoms with Crippen LogP contribution in [-0.4, -0.2) is 4.92 Å². The van der Waals surface area contributed by atoms with Crippen molar-refractivity contribution >= 4 is 11.4 Å². The molecule has 4 heteroatoms. The highest BCUT2D eigenvalue weighted by Crippen LogP contribution is 2.24. The van der Waals surface area contributed by atoms with Gasteiger partial charge in [0.1, 0.15) is 0 Å². The number of benzene rings is 2. The molecular weight excluding hydrogens is 252 g/mol. The summed E-state index contributed by atoms with van der Waals surface area (Å²) in [4.78, 5) is 10.6. The molecule has 0 bridgehead atoms. The zero-order chi connectivity index (χ0) is 14.7. The van der Waals surface area contributed by atoms with Crippen molar-refractivity contribution in [2.75, 3.05) is 5.32 Å². The van der Waals surface area contributed by atoms with Crippen LogP contribution in [0, 0.1) is 30.9 Å². The first kappa shape index (κ1) is 14.1. The number of nitrogens with one attached hydrogen (secondary N) is 1. The summed E-state index contributed by atoms with van der Waals surface area (Å²) >= 11 is 0. The molecule has 0 unspecified atom stereocenters. The maximum absolute atomic E-state index is 10.9. The number of nitro benzene ring substituents is 1. The second-order valence-corrected chi connectivity index (χ2v) is 4.94. The molecule has 0 spiro atoms. The minimum atomic E-state index is -0.335. The van der Waals surface area contributed by atoms with Gasteiger partial charge < -0.3 is 5.32 Å². The zero-order valence-electron chi connectivity index (χ0n) is 11.9. The lowest BCUT2D eigenvalue weighted by Crippen LogP contribution is -2.05. The van der Waals surface area contributed by atoms with E-state index in [0.29, 0.717) is 6.54 Å². The Morgan fingerprint density at radius 1 is 1.05 bits per heavy atom. The molecule has 0 atom stereocenters. The number of nitro groups is 1. The number of anilines is 1. The normalized spacial score (nSPS) is 10.3. The maximum atomic E-state index is 10.9. The van der Waals surface area contributed by atoms with E-state index in [4.69, 9.17) is 0 Å². The van der Waals surface area contributed by atoms with Crippen LogP contribution in [0.2, 0.25) is 0 Å². The van der Waals surface area contributed by atoms with Crippen LogP contribution in [0.15, 0.2) is 36.4 Å². The van der Waals surface area contributed by atoms with Crippen molar-refractivity contribution in [3.8, 4) is 0 Å². The number of nitrogens with zero attached hydrogens (tertiary/aromatic N) is 1. The van der Waals surface area contributed by atoms with Crippen LogP contribution >= 0.6 is 0 Å². The predicted octanol–water partition coefficient (Wildman–Crippen LogP) is 4.13. The van der Waals surface area contributed by atoms with E-state index >= 15 is 0 Å². The van der Waals surface area contributed by atoms with Crippen molar-refractivity contribution in [1.82, 2.24) is 0 Å². The van der Waals surface area contributed by atoms with Crippen molar-refractivity contribution in [3.63, 3.8) is 0 Å². The molecule has 0 aliphatic rings. The fraction of sp³-hybridized carbons (Fsp3) is 0.250. The summed E-state index contributed by atoms with van der Waals surface area (Å²) in [6.07, 6.45) is 0. The minimum absolute atomic E-state index is 0.172. The second kappa shape index (κ2) is 5.74. The molecule has 2 rings (SSSR count). The monoisotopic (exact) mass is 270 g/mol. The van der Waals surface area contributed by atoms with Gasteiger partial charge in [0.25, 0.3) is 5.69 Å². The lowest BCUT2D eigenvalue weighted by atomic mass is 10.1. The molecule has 0 amide bonds. The molecule has 0 aliphatic carbocycles. The van der Waals surface area contributed by atoms with E-state index < -0.39 is 0 Å². The Bertz CT molecular complexity index is 631. The Morgan fingerprint density at radius 3 is 2.25 bits per heavy atom. The first-order chi connectivity index (χ1) is 9.50. The third kappa shape index (κ3) is 2.79. The molecule has 4 nitrogen and oxygen atoms in total. The van der Waals surface area contributed by atoms with E-state index in [1.54, 1.807) is 13.0 Å². The van der Waals surface area contributed by atoms with Gasteiger partial charge in [-0.2, -0.15) is 0 Å². The minimum Gasteiger partial charge on any atom is -0.381 e. The van der Waals surface area contributed by atoms with Gasteiger partial charge in [-0.15, -0.1) is 0 Å². The summed E-state index contributed by atoms with van der Waals surface area (Å²) in [7, 11) is 0. The third-order valence-corrected chi connectivity index (χ3v) is 3.55. The molecule has 0 radical (unpaired) electrons. The average Bonchev–Trinajstić information content (AvgIpc) is 2.39. The average molecular weight is 270 g/mol. The van der Waals surface area contributed by atoms with Crippen molar-refractivity contribution < 1.29 is 4.92 Å². The Labute approximate surface area is 118 Å². The van der Waals surface area contributed by atoms with Gasteiger partial charge in [0.2, 0.25) is 0 Å². The highest BCUT2D eigenvalue weighted by atomic mass is 16.6. The van der Waals surface area contributed by atoms with Gasteiger partial charge in [0, 0.05) is 23.9 Å². The summed E-state index contributed by atoms with van der Waals surface area (Å²) in [5.41, 5.74) is 5.28. The van der Waals surface area contributed by atoms with Crippen LogP contribution in [-0.2, 0) is 6.54 Å². The van der Waals surface area contributed by atoms with Gasteiger partial charge in [-0.3, -0.25) is 10.1 Å². The molecule has 0 fully saturated rings. The van der Waals surface area contributed by atoms with E-state index in [0.717, 1.165) is 16.8 Å². The summed E-state index contributed by atoms with van der Waals surface area (Å²) in [6.45, 7) is 6.48. The second-order valence-electron chi connectivity index (χ2n) is 4.94. The van der Waals surface area contributed by atoms with Crippen LogP contribution in [0.3, 0.4) is 0 Å². The quantitative estimate of drug-likeness (QED) is 0.671. The van der Waals surface area contributed by atoms with Gasteiger partial charge in [-0.05, 0) is 37.5 Å². The Hall–Kier alpha value is -2.36. The standard InChI is InChI=1S/C16H18N2O2/c1-11-6-4-7-12(2)16(11)17-10-14-8-5-9-15(13(14)3)18(19)20/h4-9,17H,10H2,1-3H3. The van der Waals surface area contributed by atoms with Gasteiger partial charge in [-0.25, -0.2) is 0 Å². The number of para-hydroxylation sites is 1. The molecule has 0 saturated heterocycles. The molecule has 0 aromatic heterocycles. The molecule has 0 heterocycles. The predicted molar refractivity (Wildman–Crippen MR) is 81.1 cm³/mol. The molecule has 1 N–H and O–H groups in total. The van der Waals surface area contributed by atoms with Crippen LogP contribution < -0.4 is 5.32 Å². The zero-order valence-corrected chi connectivity index (χ0v) is 11.9. The highest BCUT2D eigenvalue weighted by Gasteiger charge is 2.13. The Kier molecular flexibility index (Phi) is 4.03. The van der Waals surface area contributed by atoms with Gasteiger partial charge >= 0.3 is 0 Å². The smallest absolute Gasteiger partial charge is 0.272 e. The van der Waals surface area contributed by atoms with Crippen LogP contribution in [0.5, 0.6) is 0 Å². The topological polar surface area (TPSA) is 55.2 Å². The third-order valence-electron chi connectivity index (χ3n) is 3.55. The van der Waals surface area contributed by atoms with Gasteiger partial charge in [-0.1, -0.05) is 30.3 Å². The van der Waals surface area contributed by atoms with E-state index in [-0.39, 0.29) is 10.6 Å². The lowest BCUT2D eigenvalue weighted by Gasteiger charge is -2.13. The van der Waals surface area contributed by atoms with Gasteiger partial charge in [0.15, 0.2) is 0 Å². The Balaban J connectivity index is 2.24. The van der Waals surface area contributed by atoms with Crippen molar-refractivity contribution in [3.05, 3.63) is 68.8 Å². The maximum Gasteiger partial charge on any atom is 0.272 e. The van der Waals surface area contributed by atoms with Crippen LogP contribution in [0.25, 0.3) is 0 Å². The summed E-state index contributed by atoms with van der Waals surface area (Å²) in [5, 5.41) is 14.3. The van der Waals surface area contributed by atoms with Crippen molar-refractivity contribution in [1.29, 1.82) is 0 Å². The first-order valence-electron chi connectivity index (χ1n) is 6.53. The molecule has 2 aromatic carbocycles. The van der Waals surface area contributed by atoms with Gasteiger partial charge in [0.05, 0.1) is 4.92 Å². The first-order valence-corrected chi connectivity index (χ1v) is 6.53. The van der Waals surface area contributed by atoms with E-state index in [9.17, 15) is 10.1 Å². The molecule has 2 aromatic rings. The van der Waals surface area contributed by atoms with Crippen LogP contribution in [0.1, 0.15) is 22.3 Å². The number of aryl methyl sites for hydroxylation is 2. The Morgan fingerprint density at radius 2 is 1.65 bits per heavy atom. The largest absolute Gasteiger partial charge is 0.381 e. The summed E-state index contributed by atoms with van der Waals surface area (Å²) in [6, 6.07) is 11.3. The van der Waals surface area contributed by atoms with Crippen molar-refractivity contribution in [2.24, 2.45) is 0 Å². The number of hydrogen-bond donors (Lipinski definition) is 1. The van der Waals surface area contributed by atoms with E-state index in [1.165, 1.54) is 17.2 Å². The molecule has 0 saturated carbocycles. The molecule has 20 heavy (non-hydrogen) atoms. The highest BCUT2D eigenvalue weighted by molar-refractivity contribution is 5.57. The molecule has 0 aliphatic heterocycles. The fourth-order valence-electron chi connectivity index (χ4n) is 2.34. The SMILES string of the molecule is Cc1cccc(C)c1NCc1cccc([N+](=O)[O-])c1C. The van der Waals surface area contributed by atoms with Crippen LogP contribution in [0.4, 0.5) is 11.4 Å². The number of rotatable bonds is 4. The summed E-state index contributed by atoms with van der Waals surface area (Å²) in [5.74, 6) is 0.